The highest BCUT2D eigenvalue weighted by atomic mass is 32.2. The van der Waals surface area contributed by atoms with Crippen LogP contribution in [0.5, 0.6) is 0 Å². The van der Waals surface area contributed by atoms with E-state index in [1.807, 2.05) is 6.92 Å². The molecule has 1 saturated carbocycles. The Hall–Kier alpha value is -0.950. The third-order valence-corrected chi connectivity index (χ3v) is 4.40. The van der Waals surface area contributed by atoms with Crippen molar-refractivity contribution in [2.24, 2.45) is 5.92 Å². The molecule has 6 nitrogen and oxygen atoms in total. The normalized spacial score (nSPS) is 30.4. The molecule has 0 bridgehead atoms. The van der Waals surface area contributed by atoms with Crippen molar-refractivity contribution in [1.29, 1.82) is 0 Å². The van der Waals surface area contributed by atoms with E-state index >= 15 is 0 Å². The van der Waals surface area contributed by atoms with E-state index in [9.17, 15) is 13.0 Å². The molecule has 0 aliphatic heterocycles. The fourth-order valence-electron chi connectivity index (χ4n) is 2.45. The third kappa shape index (κ3) is 2.84. The van der Waals surface area contributed by atoms with Gasteiger partial charge in [0.05, 0.1) is 15.4 Å². The van der Waals surface area contributed by atoms with Gasteiger partial charge in [0, 0.05) is 12.8 Å². The lowest BCUT2D eigenvalue weighted by Crippen LogP contribution is -2.31. The molecule has 3 atom stereocenters. The minimum Gasteiger partial charge on any atom is -0.748 e. The largest absolute Gasteiger partial charge is 0.748 e. The van der Waals surface area contributed by atoms with Gasteiger partial charge in [-0.3, -0.25) is 0 Å². The summed E-state index contributed by atoms with van der Waals surface area (Å²) in [6.07, 6.45) is 1.50. The Kier molecular flexibility index (Phi) is 3.22. The van der Waals surface area contributed by atoms with Crippen molar-refractivity contribution in [2.75, 3.05) is 0 Å². The molecular weight excluding hydrogens is 244 g/mol. The Balaban J connectivity index is 2.20. The SMILES string of the molecule is Cc1nnc(C2CC(C)CC(S(=O)(=O)[O-])C2)o1. The summed E-state index contributed by atoms with van der Waals surface area (Å²) < 4.78 is 38.6. The first-order chi connectivity index (χ1) is 7.86. The molecule has 7 heteroatoms. The second-order valence-corrected chi connectivity index (χ2v) is 6.44. The fraction of sp³-hybridized carbons (Fsp3) is 0.800. The summed E-state index contributed by atoms with van der Waals surface area (Å²) in [4.78, 5) is 0. The fourth-order valence-corrected chi connectivity index (χ4v) is 3.49. The van der Waals surface area contributed by atoms with Gasteiger partial charge >= 0.3 is 0 Å². The molecule has 17 heavy (non-hydrogen) atoms. The summed E-state index contributed by atoms with van der Waals surface area (Å²) in [5, 5.41) is 6.81. The van der Waals surface area contributed by atoms with Gasteiger partial charge in [-0.05, 0) is 25.2 Å². The molecule has 0 saturated heterocycles. The molecule has 0 radical (unpaired) electrons. The molecule has 3 unspecified atom stereocenters. The minimum absolute atomic E-state index is 0.117. The zero-order chi connectivity index (χ0) is 12.6. The average Bonchev–Trinajstić information content (AvgIpc) is 2.62. The minimum atomic E-state index is -4.23. The van der Waals surface area contributed by atoms with Gasteiger partial charge in [0.15, 0.2) is 0 Å². The van der Waals surface area contributed by atoms with Crippen molar-refractivity contribution in [1.82, 2.24) is 10.2 Å². The van der Waals surface area contributed by atoms with Crippen molar-refractivity contribution in [3.8, 4) is 0 Å². The average molecular weight is 259 g/mol. The lowest BCUT2D eigenvalue weighted by atomic mass is 9.82. The van der Waals surface area contributed by atoms with E-state index in [4.69, 9.17) is 4.42 Å². The van der Waals surface area contributed by atoms with E-state index in [0.717, 1.165) is 6.42 Å². The van der Waals surface area contributed by atoms with Gasteiger partial charge in [-0.2, -0.15) is 0 Å². The van der Waals surface area contributed by atoms with Crippen LogP contribution < -0.4 is 0 Å². The van der Waals surface area contributed by atoms with Crippen LogP contribution in [0.4, 0.5) is 0 Å². The van der Waals surface area contributed by atoms with E-state index in [1.54, 1.807) is 6.92 Å². The maximum atomic E-state index is 11.1. The summed E-state index contributed by atoms with van der Waals surface area (Å²) in [5.74, 6) is 0.964. The van der Waals surface area contributed by atoms with E-state index in [2.05, 4.69) is 10.2 Å². The first kappa shape index (κ1) is 12.5. The highest BCUT2D eigenvalue weighted by Gasteiger charge is 2.33. The molecule has 1 heterocycles. The predicted octanol–water partition coefficient (Wildman–Crippen LogP) is 1.20. The van der Waals surface area contributed by atoms with Crippen LogP contribution in [-0.2, 0) is 10.1 Å². The standard InChI is InChI=1S/C10H16N2O4S/c1-6-3-8(10-12-11-7(2)16-10)5-9(4-6)17(13,14)15/h6,8-9H,3-5H2,1-2H3,(H,13,14,15)/p-1. The molecule has 0 aromatic carbocycles. The first-order valence-electron chi connectivity index (χ1n) is 5.61. The van der Waals surface area contributed by atoms with Crippen molar-refractivity contribution in [3.05, 3.63) is 11.8 Å². The number of aromatic nitrogens is 2. The van der Waals surface area contributed by atoms with E-state index < -0.39 is 15.4 Å². The zero-order valence-electron chi connectivity index (χ0n) is 9.79. The summed E-state index contributed by atoms with van der Waals surface area (Å²) in [7, 11) is -4.23. The second kappa shape index (κ2) is 4.38. The van der Waals surface area contributed by atoms with Crippen LogP contribution in [0, 0.1) is 12.8 Å². The van der Waals surface area contributed by atoms with Gasteiger partial charge < -0.3 is 8.97 Å². The number of aryl methyl sites for hydroxylation is 1. The highest BCUT2D eigenvalue weighted by Crippen LogP contribution is 2.37. The van der Waals surface area contributed by atoms with Crippen LogP contribution >= 0.6 is 0 Å². The molecule has 96 valence electrons. The maximum Gasteiger partial charge on any atom is 0.219 e. The Bertz CT molecular complexity index is 496. The van der Waals surface area contributed by atoms with Crippen molar-refractivity contribution < 1.29 is 17.4 Å². The predicted molar refractivity (Wildman–Crippen MR) is 58.3 cm³/mol. The molecule has 1 aliphatic rings. The van der Waals surface area contributed by atoms with Gasteiger partial charge in [0.2, 0.25) is 11.8 Å². The van der Waals surface area contributed by atoms with E-state index in [-0.39, 0.29) is 18.3 Å². The van der Waals surface area contributed by atoms with Gasteiger partial charge in [-0.25, -0.2) is 8.42 Å². The third-order valence-electron chi connectivity index (χ3n) is 3.20. The molecule has 1 aliphatic carbocycles. The molecule has 2 rings (SSSR count). The van der Waals surface area contributed by atoms with Gasteiger partial charge in [-0.15, -0.1) is 10.2 Å². The molecule has 1 fully saturated rings. The van der Waals surface area contributed by atoms with Crippen LogP contribution in [0.3, 0.4) is 0 Å². The maximum absolute atomic E-state index is 11.1. The van der Waals surface area contributed by atoms with Crippen molar-refractivity contribution >= 4 is 10.1 Å². The quantitative estimate of drug-likeness (QED) is 0.740. The van der Waals surface area contributed by atoms with Crippen LogP contribution in [0.2, 0.25) is 0 Å². The summed E-state index contributed by atoms with van der Waals surface area (Å²) >= 11 is 0. The lowest BCUT2D eigenvalue weighted by Gasteiger charge is -2.32. The lowest BCUT2D eigenvalue weighted by molar-refractivity contribution is 0.289. The van der Waals surface area contributed by atoms with Crippen molar-refractivity contribution in [3.63, 3.8) is 0 Å². The smallest absolute Gasteiger partial charge is 0.219 e. The summed E-state index contributed by atoms with van der Waals surface area (Å²) in [5.41, 5.74) is 0. The Morgan fingerprint density at radius 2 is 2.00 bits per heavy atom. The van der Waals surface area contributed by atoms with Crippen LogP contribution in [0.25, 0.3) is 0 Å². The van der Waals surface area contributed by atoms with Crippen LogP contribution in [-0.4, -0.2) is 28.4 Å². The Morgan fingerprint density at radius 1 is 1.29 bits per heavy atom. The topological polar surface area (TPSA) is 96.1 Å². The van der Waals surface area contributed by atoms with Crippen molar-refractivity contribution in [2.45, 2.75) is 44.3 Å². The molecule has 0 amide bonds. The molecule has 1 aromatic heterocycles. The Morgan fingerprint density at radius 3 is 2.53 bits per heavy atom. The van der Waals surface area contributed by atoms with Crippen LogP contribution in [0.15, 0.2) is 4.42 Å². The van der Waals surface area contributed by atoms with Gasteiger partial charge in [-0.1, -0.05) is 6.92 Å². The molecule has 0 N–H and O–H groups in total. The molecule has 0 spiro atoms. The molecule has 1 aromatic rings. The van der Waals surface area contributed by atoms with E-state index in [0.29, 0.717) is 18.2 Å². The number of hydrogen-bond donors (Lipinski definition) is 0. The first-order valence-corrected chi connectivity index (χ1v) is 7.08. The van der Waals surface area contributed by atoms with E-state index in [1.165, 1.54) is 0 Å². The number of hydrogen-bond acceptors (Lipinski definition) is 6. The summed E-state index contributed by atoms with van der Waals surface area (Å²) in [6.45, 7) is 3.62. The summed E-state index contributed by atoms with van der Waals surface area (Å²) in [6, 6.07) is 0. The highest BCUT2D eigenvalue weighted by molar-refractivity contribution is 7.86. The van der Waals surface area contributed by atoms with Gasteiger partial charge in [0.1, 0.15) is 0 Å². The monoisotopic (exact) mass is 259 g/mol. The van der Waals surface area contributed by atoms with Gasteiger partial charge in [0.25, 0.3) is 0 Å². The van der Waals surface area contributed by atoms with Crippen LogP contribution in [0.1, 0.15) is 43.9 Å². The molecular formula is C10H15N2O4S-. The number of rotatable bonds is 2. The zero-order valence-corrected chi connectivity index (χ0v) is 10.6. The second-order valence-electron chi connectivity index (χ2n) is 4.78. The number of nitrogens with zero attached hydrogens (tertiary/aromatic N) is 2. The Labute approximate surface area is 100 Å².